The molecule has 1 saturated carbocycles. The van der Waals surface area contributed by atoms with Gasteiger partial charge in [-0.1, -0.05) is 12.8 Å². The summed E-state index contributed by atoms with van der Waals surface area (Å²) in [5.41, 5.74) is 2.47. The minimum atomic E-state index is -2.24. The molecule has 0 aliphatic heterocycles. The van der Waals surface area contributed by atoms with Crippen LogP contribution in [0.5, 0.6) is 0 Å². The molecule has 1 aliphatic carbocycles. The predicted octanol–water partition coefficient (Wildman–Crippen LogP) is 3.02. The van der Waals surface area contributed by atoms with Crippen molar-refractivity contribution in [1.82, 2.24) is 5.43 Å². The number of rotatable bonds is 3. The molecule has 2 rings (SSSR count). The van der Waals surface area contributed by atoms with E-state index in [1.54, 1.807) is 5.43 Å². The van der Waals surface area contributed by atoms with Crippen molar-refractivity contribution in [1.29, 1.82) is 0 Å². The summed E-state index contributed by atoms with van der Waals surface area (Å²) < 4.78 is 65.2. The zero-order valence-electron chi connectivity index (χ0n) is 10.2. The van der Waals surface area contributed by atoms with Crippen LogP contribution in [-0.4, -0.2) is 5.91 Å². The van der Waals surface area contributed by atoms with Gasteiger partial charge in [-0.25, -0.2) is 22.0 Å². The van der Waals surface area contributed by atoms with Gasteiger partial charge in [-0.05, 0) is 12.8 Å². The first-order valence-corrected chi connectivity index (χ1v) is 6.00. The van der Waals surface area contributed by atoms with E-state index in [9.17, 15) is 26.7 Å². The van der Waals surface area contributed by atoms with E-state index in [2.05, 4.69) is 0 Å². The van der Waals surface area contributed by atoms with Crippen LogP contribution in [0.1, 0.15) is 25.7 Å². The fraction of sp³-hybridized carbons (Fsp3) is 0.417. The maximum atomic E-state index is 13.3. The molecule has 0 unspecified atom stereocenters. The van der Waals surface area contributed by atoms with Crippen LogP contribution in [0.2, 0.25) is 0 Å². The standard InChI is InChI=1S/C12H11F5N2O/c13-6-7(14)9(16)11(10(17)8(6)15)18-19-12(20)5-3-1-2-4-5/h5,18H,1-4H2,(H,19,20). The zero-order valence-corrected chi connectivity index (χ0v) is 10.2. The summed E-state index contributed by atoms with van der Waals surface area (Å²) in [6.45, 7) is 0. The second-order valence-corrected chi connectivity index (χ2v) is 4.54. The number of hydrazine groups is 1. The van der Waals surface area contributed by atoms with Crippen LogP contribution >= 0.6 is 0 Å². The summed E-state index contributed by atoms with van der Waals surface area (Å²) in [6, 6.07) is 0. The van der Waals surface area contributed by atoms with Crippen LogP contribution in [0.15, 0.2) is 0 Å². The van der Waals surface area contributed by atoms with Crippen molar-refractivity contribution in [3.8, 4) is 0 Å². The first-order valence-electron chi connectivity index (χ1n) is 6.00. The third-order valence-corrected chi connectivity index (χ3v) is 3.25. The molecular weight excluding hydrogens is 283 g/mol. The first kappa shape index (κ1) is 14.5. The summed E-state index contributed by atoms with van der Waals surface area (Å²) in [5.74, 6) is -11.3. The van der Waals surface area contributed by atoms with E-state index < -0.39 is 40.7 Å². The van der Waals surface area contributed by atoms with E-state index in [0.29, 0.717) is 12.8 Å². The lowest BCUT2D eigenvalue weighted by molar-refractivity contribution is -0.124. The number of halogens is 5. The van der Waals surface area contributed by atoms with Gasteiger partial charge in [-0.2, -0.15) is 0 Å². The van der Waals surface area contributed by atoms with Crippen molar-refractivity contribution in [2.45, 2.75) is 25.7 Å². The van der Waals surface area contributed by atoms with Gasteiger partial charge in [0, 0.05) is 5.92 Å². The predicted molar refractivity (Wildman–Crippen MR) is 60.0 cm³/mol. The van der Waals surface area contributed by atoms with E-state index in [-0.39, 0.29) is 5.92 Å². The van der Waals surface area contributed by atoms with Gasteiger partial charge in [-0.3, -0.25) is 15.6 Å². The van der Waals surface area contributed by atoms with Gasteiger partial charge >= 0.3 is 0 Å². The molecule has 3 nitrogen and oxygen atoms in total. The van der Waals surface area contributed by atoms with E-state index in [0.717, 1.165) is 12.8 Å². The minimum Gasteiger partial charge on any atom is -0.293 e. The number of hydrogen-bond acceptors (Lipinski definition) is 2. The summed E-state index contributed by atoms with van der Waals surface area (Å²) in [5, 5.41) is 0. The lowest BCUT2D eigenvalue weighted by Gasteiger charge is -2.14. The van der Waals surface area contributed by atoms with Gasteiger partial charge in [0.05, 0.1) is 0 Å². The van der Waals surface area contributed by atoms with Crippen LogP contribution in [0.3, 0.4) is 0 Å². The molecular formula is C12H11F5N2O. The molecule has 0 atom stereocenters. The molecule has 1 aromatic rings. The number of carbonyl (C=O) groups is 1. The molecule has 1 aliphatic rings. The minimum absolute atomic E-state index is 0.316. The molecule has 20 heavy (non-hydrogen) atoms. The number of nitrogens with one attached hydrogen (secondary N) is 2. The maximum Gasteiger partial charge on any atom is 0.241 e. The van der Waals surface area contributed by atoms with Crippen molar-refractivity contribution in [2.24, 2.45) is 5.92 Å². The van der Waals surface area contributed by atoms with Crippen molar-refractivity contribution in [2.75, 3.05) is 5.43 Å². The molecule has 0 bridgehead atoms. The van der Waals surface area contributed by atoms with Gasteiger partial charge in [0.2, 0.25) is 11.7 Å². The van der Waals surface area contributed by atoms with Gasteiger partial charge in [0.25, 0.3) is 0 Å². The Hall–Kier alpha value is -1.86. The Morgan fingerprint density at radius 1 is 0.850 bits per heavy atom. The van der Waals surface area contributed by atoms with E-state index in [4.69, 9.17) is 0 Å². The second kappa shape index (κ2) is 5.64. The van der Waals surface area contributed by atoms with Gasteiger partial charge in [0.1, 0.15) is 5.69 Å². The monoisotopic (exact) mass is 294 g/mol. The molecule has 0 spiro atoms. The smallest absolute Gasteiger partial charge is 0.241 e. The lowest BCUT2D eigenvalue weighted by Crippen LogP contribution is -2.35. The SMILES string of the molecule is O=C(NNc1c(F)c(F)c(F)c(F)c1F)C1CCCC1. The Morgan fingerprint density at radius 3 is 1.80 bits per heavy atom. The number of carbonyl (C=O) groups excluding carboxylic acids is 1. The van der Waals surface area contributed by atoms with E-state index in [1.807, 2.05) is 5.43 Å². The summed E-state index contributed by atoms with van der Waals surface area (Å²) in [6.07, 6.45) is 2.98. The summed E-state index contributed by atoms with van der Waals surface area (Å²) in [7, 11) is 0. The molecule has 1 amide bonds. The summed E-state index contributed by atoms with van der Waals surface area (Å²) in [4.78, 5) is 11.6. The molecule has 2 N–H and O–H groups in total. The average molecular weight is 294 g/mol. The normalized spacial score (nSPS) is 15.4. The fourth-order valence-corrected chi connectivity index (χ4v) is 2.13. The molecule has 110 valence electrons. The molecule has 1 fully saturated rings. The Balaban J connectivity index is 2.15. The third-order valence-electron chi connectivity index (χ3n) is 3.25. The molecule has 0 heterocycles. The highest BCUT2D eigenvalue weighted by Crippen LogP contribution is 2.27. The fourth-order valence-electron chi connectivity index (χ4n) is 2.13. The van der Waals surface area contributed by atoms with Crippen molar-refractivity contribution >= 4 is 11.6 Å². The Labute approximate surface area is 111 Å². The number of hydrogen-bond donors (Lipinski definition) is 2. The molecule has 0 saturated heterocycles. The molecule has 8 heteroatoms. The van der Waals surface area contributed by atoms with E-state index in [1.165, 1.54) is 0 Å². The topological polar surface area (TPSA) is 41.1 Å². The van der Waals surface area contributed by atoms with Crippen molar-refractivity contribution in [3.05, 3.63) is 29.1 Å². The van der Waals surface area contributed by atoms with Crippen molar-refractivity contribution < 1.29 is 26.7 Å². The molecule has 0 radical (unpaired) electrons. The highest BCUT2D eigenvalue weighted by Gasteiger charge is 2.27. The second-order valence-electron chi connectivity index (χ2n) is 4.54. The lowest BCUT2D eigenvalue weighted by atomic mass is 10.1. The summed E-state index contributed by atoms with van der Waals surface area (Å²) >= 11 is 0. The van der Waals surface area contributed by atoms with Crippen LogP contribution in [-0.2, 0) is 4.79 Å². The van der Waals surface area contributed by atoms with Crippen LogP contribution in [0, 0.1) is 35.0 Å². The van der Waals surface area contributed by atoms with Crippen LogP contribution in [0.25, 0.3) is 0 Å². The highest BCUT2D eigenvalue weighted by molar-refractivity contribution is 5.80. The quantitative estimate of drug-likeness (QED) is 0.389. The third kappa shape index (κ3) is 2.54. The number of benzene rings is 1. The average Bonchev–Trinajstić information content (AvgIpc) is 2.97. The van der Waals surface area contributed by atoms with Gasteiger partial charge < -0.3 is 0 Å². The molecule has 1 aromatic carbocycles. The maximum absolute atomic E-state index is 13.3. The highest BCUT2D eigenvalue weighted by atomic mass is 19.2. The van der Waals surface area contributed by atoms with Crippen LogP contribution in [0.4, 0.5) is 27.6 Å². The zero-order chi connectivity index (χ0) is 14.9. The van der Waals surface area contributed by atoms with E-state index >= 15 is 0 Å². The molecule has 0 aromatic heterocycles. The van der Waals surface area contributed by atoms with Gasteiger partial charge in [-0.15, -0.1) is 0 Å². The van der Waals surface area contributed by atoms with Crippen LogP contribution < -0.4 is 10.9 Å². The Kier molecular flexibility index (Phi) is 4.10. The first-order chi connectivity index (χ1) is 9.43. The number of amides is 1. The van der Waals surface area contributed by atoms with Crippen molar-refractivity contribution in [3.63, 3.8) is 0 Å². The number of anilines is 1. The van der Waals surface area contributed by atoms with Gasteiger partial charge in [0.15, 0.2) is 23.3 Å². The largest absolute Gasteiger partial charge is 0.293 e. The Bertz CT molecular complexity index is 514. The Morgan fingerprint density at radius 2 is 1.30 bits per heavy atom.